The fourth-order valence-corrected chi connectivity index (χ4v) is 1.54. The Kier molecular flexibility index (Phi) is 5.59. The molecule has 0 saturated carbocycles. The number of ether oxygens (including phenoxy) is 2. The van der Waals surface area contributed by atoms with E-state index in [-0.39, 0.29) is 0 Å². The highest BCUT2D eigenvalue weighted by atomic mass is 16.6. The predicted molar refractivity (Wildman–Crippen MR) is 53.9 cm³/mol. The molecule has 0 aromatic heterocycles. The van der Waals surface area contributed by atoms with E-state index in [2.05, 4.69) is 0 Å². The normalized spacial score (nSPS) is 42.6. The standard InChI is InChI=1S/C8H16O4.C2H6/c1-5-7(10)8(2,11-3)4-6(9)12-5;1-2/h5-7,9-10H,4H2,1-3H3;1-2H3/t5-,6+,7-,8+;/m0./s1. The van der Waals surface area contributed by atoms with Crippen LogP contribution in [0.15, 0.2) is 0 Å². The summed E-state index contributed by atoms with van der Waals surface area (Å²) in [7, 11) is 1.52. The van der Waals surface area contributed by atoms with Crippen molar-refractivity contribution in [2.45, 2.75) is 58.2 Å². The minimum atomic E-state index is -0.839. The van der Waals surface area contributed by atoms with E-state index < -0.39 is 24.1 Å². The van der Waals surface area contributed by atoms with Crippen molar-refractivity contribution in [3.8, 4) is 0 Å². The van der Waals surface area contributed by atoms with Crippen LogP contribution in [0.2, 0.25) is 0 Å². The third kappa shape index (κ3) is 2.92. The van der Waals surface area contributed by atoms with Gasteiger partial charge in [0.1, 0.15) is 6.10 Å². The maximum atomic E-state index is 9.65. The van der Waals surface area contributed by atoms with Crippen molar-refractivity contribution in [3.05, 3.63) is 0 Å². The van der Waals surface area contributed by atoms with Crippen molar-refractivity contribution < 1.29 is 19.7 Å². The van der Waals surface area contributed by atoms with E-state index in [1.165, 1.54) is 7.11 Å². The van der Waals surface area contributed by atoms with Gasteiger partial charge >= 0.3 is 0 Å². The fourth-order valence-electron chi connectivity index (χ4n) is 1.54. The van der Waals surface area contributed by atoms with Crippen LogP contribution in [-0.2, 0) is 9.47 Å². The van der Waals surface area contributed by atoms with Gasteiger partial charge in [0.2, 0.25) is 0 Å². The van der Waals surface area contributed by atoms with Gasteiger partial charge in [-0.25, -0.2) is 0 Å². The van der Waals surface area contributed by atoms with Crippen molar-refractivity contribution in [1.29, 1.82) is 0 Å². The van der Waals surface area contributed by atoms with Crippen molar-refractivity contribution in [3.63, 3.8) is 0 Å². The Balaban J connectivity index is 0.000000791. The van der Waals surface area contributed by atoms with Gasteiger partial charge in [-0.3, -0.25) is 0 Å². The Morgan fingerprint density at radius 3 is 2.29 bits per heavy atom. The predicted octanol–water partition coefficient (Wildman–Crippen LogP) is 0.906. The maximum absolute atomic E-state index is 9.65. The monoisotopic (exact) mass is 206 g/mol. The van der Waals surface area contributed by atoms with Crippen LogP contribution in [0, 0.1) is 0 Å². The van der Waals surface area contributed by atoms with Crippen LogP contribution in [-0.4, -0.2) is 41.4 Å². The Labute approximate surface area is 85.8 Å². The van der Waals surface area contributed by atoms with Gasteiger partial charge in [-0.2, -0.15) is 0 Å². The first-order valence-electron chi connectivity index (χ1n) is 5.06. The molecular formula is C10H22O4. The molecule has 86 valence electrons. The molecule has 0 aromatic carbocycles. The highest BCUT2D eigenvalue weighted by Crippen LogP contribution is 2.30. The summed E-state index contributed by atoms with van der Waals surface area (Å²) < 4.78 is 10.2. The van der Waals surface area contributed by atoms with Crippen molar-refractivity contribution >= 4 is 0 Å². The van der Waals surface area contributed by atoms with Gasteiger partial charge in [0.05, 0.1) is 11.7 Å². The molecule has 1 heterocycles. The summed E-state index contributed by atoms with van der Waals surface area (Å²) in [5.41, 5.74) is -0.697. The van der Waals surface area contributed by atoms with Gasteiger partial charge in [-0.1, -0.05) is 13.8 Å². The van der Waals surface area contributed by atoms with Gasteiger partial charge in [0.25, 0.3) is 0 Å². The van der Waals surface area contributed by atoms with Gasteiger partial charge in [-0.05, 0) is 13.8 Å². The Hall–Kier alpha value is -0.160. The van der Waals surface area contributed by atoms with Gasteiger partial charge in [-0.15, -0.1) is 0 Å². The third-order valence-electron chi connectivity index (χ3n) is 2.49. The molecule has 2 N–H and O–H groups in total. The molecule has 1 saturated heterocycles. The van der Waals surface area contributed by atoms with Gasteiger partial charge in [0, 0.05) is 13.5 Å². The van der Waals surface area contributed by atoms with Crippen LogP contribution in [0.3, 0.4) is 0 Å². The third-order valence-corrected chi connectivity index (χ3v) is 2.49. The lowest BCUT2D eigenvalue weighted by atomic mass is 9.89. The molecule has 0 unspecified atom stereocenters. The summed E-state index contributed by atoms with van der Waals surface area (Å²) in [6.45, 7) is 7.48. The van der Waals surface area contributed by atoms with Gasteiger partial charge in [0.15, 0.2) is 6.29 Å². The zero-order valence-electron chi connectivity index (χ0n) is 9.65. The van der Waals surface area contributed by atoms with E-state index in [0.717, 1.165) is 0 Å². The molecule has 0 radical (unpaired) electrons. The van der Waals surface area contributed by atoms with Crippen LogP contribution in [0.5, 0.6) is 0 Å². The minimum Gasteiger partial charge on any atom is -0.387 e. The highest BCUT2D eigenvalue weighted by molar-refractivity contribution is 4.91. The first kappa shape index (κ1) is 13.8. The number of aliphatic hydroxyl groups is 2. The Morgan fingerprint density at radius 1 is 1.36 bits per heavy atom. The molecule has 0 spiro atoms. The average molecular weight is 206 g/mol. The molecule has 4 nitrogen and oxygen atoms in total. The second-order valence-electron chi connectivity index (χ2n) is 3.46. The van der Waals surface area contributed by atoms with E-state index in [4.69, 9.17) is 9.47 Å². The van der Waals surface area contributed by atoms with E-state index in [1.807, 2.05) is 13.8 Å². The number of aliphatic hydroxyl groups excluding tert-OH is 2. The number of rotatable bonds is 1. The SMILES string of the molecule is CC.CO[C@]1(C)C[C@H](O)O[C@@H](C)[C@@H]1O. The van der Waals surface area contributed by atoms with Crippen LogP contribution in [0.25, 0.3) is 0 Å². The molecule has 0 bridgehead atoms. The molecule has 4 heteroatoms. The first-order chi connectivity index (χ1) is 6.49. The van der Waals surface area contributed by atoms with Gasteiger partial charge < -0.3 is 19.7 Å². The molecule has 4 atom stereocenters. The van der Waals surface area contributed by atoms with E-state index in [0.29, 0.717) is 6.42 Å². The fraction of sp³-hybridized carbons (Fsp3) is 1.00. The Bertz CT molecular complexity index is 162. The quantitative estimate of drug-likeness (QED) is 0.669. The lowest BCUT2D eigenvalue weighted by Crippen LogP contribution is -2.55. The topological polar surface area (TPSA) is 58.9 Å². The smallest absolute Gasteiger partial charge is 0.157 e. The molecule has 1 aliphatic rings. The number of hydrogen-bond acceptors (Lipinski definition) is 4. The molecule has 14 heavy (non-hydrogen) atoms. The summed E-state index contributed by atoms with van der Waals surface area (Å²) in [5, 5.41) is 18.9. The molecular weight excluding hydrogens is 184 g/mol. The summed E-state index contributed by atoms with van der Waals surface area (Å²) in [6.07, 6.45) is -1.62. The average Bonchev–Trinajstić information content (AvgIpc) is 2.17. The maximum Gasteiger partial charge on any atom is 0.157 e. The van der Waals surface area contributed by atoms with E-state index in [9.17, 15) is 10.2 Å². The van der Waals surface area contributed by atoms with Crippen LogP contribution >= 0.6 is 0 Å². The van der Waals surface area contributed by atoms with E-state index >= 15 is 0 Å². The summed E-state index contributed by atoms with van der Waals surface area (Å²) in [4.78, 5) is 0. The van der Waals surface area contributed by atoms with Crippen LogP contribution in [0.1, 0.15) is 34.1 Å². The van der Waals surface area contributed by atoms with Crippen LogP contribution in [0.4, 0.5) is 0 Å². The van der Waals surface area contributed by atoms with Crippen molar-refractivity contribution in [2.24, 2.45) is 0 Å². The minimum absolute atomic E-state index is 0.301. The zero-order valence-corrected chi connectivity index (χ0v) is 9.65. The largest absolute Gasteiger partial charge is 0.387 e. The van der Waals surface area contributed by atoms with Crippen LogP contribution < -0.4 is 0 Å². The second kappa shape index (κ2) is 5.66. The zero-order chi connectivity index (χ0) is 11.4. The Morgan fingerprint density at radius 2 is 1.86 bits per heavy atom. The van der Waals surface area contributed by atoms with E-state index in [1.54, 1.807) is 13.8 Å². The molecule has 0 amide bonds. The number of hydrogen-bond donors (Lipinski definition) is 2. The van der Waals surface area contributed by atoms with Crippen molar-refractivity contribution in [2.75, 3.05) is 7.11 Å². The summed E-state index contributed by atoms with van der Waals surface area (Å²) in [6, 6.07) is 0. The first-order valence-corrected chi connectivity index (χ1v) is 5.06. The number of methoxy groups -OCH3 is 1. The summed E-state index contributed by atoms with van der Waals surface area (Å²) >= 11 is 0. The molecule has 0 aliphatic carbocycles. The highest BCUT2D eigenvalue weighted by Gasteiger charge is 2.44. The summed E-state index contributed by atoms with van der Waals surface area (Å²) in [5.74, 6) is 0. The van der Waals surface area contributed by atoms with Crippen molar-refractivity contribution in [1.82, 2.24) is 0 Å². The molecule has 1 rings (SSSR count). The lowest BCUT2D eigenvalue weighted by Gasteiger charge is -2.42. The molecule has 1 aliphatic heterocycles. The molecule has 1 fully saturated rings. The second-order valence-corrected chi connectivity index (χ2v) is 3.46. The lowest BCUT2D eigenvalue weighted by molar-refractivity contribution is -0.263. The molecule has 0 aromatic rings.